The van der Waals surface area contributed by atoms with Crippen LogP contribution in [-0.2, 0) is 9.53 Å². The Balaban J connectivity index is 2.97. The molecular formula is C8H16O3. The summed E-state index contributed by atoms with van der Waals surface area (Å²) in [6, 6.07) is 0. The van der Waals surface area contributed by atoms with Gasteiger partial charge >= 0.3 is 5.97 Å². The van der Waals surface area contributed by atoms with Crippen LogP contribution in [0, 0.1) is 0 Å². The highest BCUT2D eigenvalue weighted by molar-refractivity contribution is 5.65. The summed E-state index contributed by atoms with van der Waals surface area (Å²) >= 11 is 0. The smallest absolute Gasteiger partial charge is 0.302 e. The van der Waals surface area contributed by atoms with Gasteiger partial charge in [0.25, 0.3) is 0 Å². The third-order valence-corrected chi connectivity index (χ3v) is 1.32. The maximum atomic E-state index is 10.3. The molecule has 0 aliphatic rings. The molecule has 11 heavy (non-hydrogen) atoms. The van der Waals surface area contributed by atoms with Crippen molar-refractivity contribution in [2.24, 2.45) is 0 Å². The molecule has 1 N–H and O–H groups in total. The number of aliphatic hydroxyl groups is 1. The van der Waals surface area contributed by atoms with E-state index in [9.17, 15) is 4.79 Å². The Kier molecular flexibility index (Phi) is 5.84. The molecule has 0 saturated heterocycles. The van der Waals surface area contributed by atoms with E-state index in [4.69, 9.17) is 9.84 Å². The molecule has 0 saturated carbocycles. The van der Waals surface area contributed by atoms with Gasteiger partial charge in [-0.15, -0.1) is 0 Å². The zero-order chi connectivity index (χ0) is 8.69. The normalized spacial score (nSPS) is 12.6. The van der Waals surface area contributed by atoms with Gasteiger partial charge in [-0.25, -0.2) is 0 Å². The van der Waals surface area contributed by atoms with Gasteiger partial charge in [0.2, 0.25) is 0 Å². The van der Waals surface area contributed by atoms with Crippen molar-refractivity contribution in [3.05, 3.63) is 0 Å². The average molecular weight is 160 g/mol. The van der Waals surface area contributed by atoms with Crippen molar-refractivity contribution in [1.29, 1.82) is 0 Å². The Morgan fingerprint density at radius 1 is 1.55 bits per heavy atom. The molecule has 0 amide bonds. The number of hydrogen-bond acceptors (Lipinski definition) is 3. The van der Waals surface area contributed by atoms with Crippen molar-refractivity contribution in [3.8, 4) is 0 Å². The minimum Gasteiger partial charge on any atom is -0.466 e. The predicted molar refractivity (Wildman–Crippen MR) is 42.2 cm³/mol. The molecule has 0 bridgehead atoms. The molecule has 1 unspecified atom stereocenters. The highest BCUT2D eigenvalue weighted by Gasteiger charge is 1.96. The number of unbranched alkanes of at least 4 members (excludes halogenated alkanes) is 1. The van der Waals surface area contributed by atoms with Gasteiger partial charge in [0.05, 0.1) is 12.7 Å². The third kappa shape index (κ3) is 9.43. The van der Waals surface area contributed by atoms with E-state index in [1.54, 1.807) is 6.92 Å². The quantitative estimate of drug-likeness (QED) is 0.484. The Bertz CT molecular complexity index is 110. The molecule has 0 heterocycles. The summed E-state index contributed by atoms with van der Waals surface area (Å²) in [6.45, 7) is 3.63. The minimum atomic E-state index is -0.243. The highest BCUT2D eigenvalue weighted by atomic mass is 16.5. The zero-order valence-electron chi connectivity index (χ0n) is 7.17. The molecule has 0 aromatic rings. The van der Waals surface area contributed by atoms with E-state index in [-0.39, 0.29) is 12.1 Å². The van der Waals surface area contributed by atoms with Crippen LogP contribution in [0.1, 0.15) is 33.1 Å². The summed E-state index contributed by atoms with van der Waals surface area (Å²) < 4.78 is 4.70. The molecule has 0 rings (SSSR count). The monoisotopic (exact) mass is 160 g/mol. The van der Waals surface area contributed by atoms with Gasteiger partial charge in [-0.3, -0.25) is 4.79 Å². The first-order valence-corrected chi connectivity index (χ1v) is 3.94. The van der Waals surface area contributed by atoms with E-state index >= 15 is 0 Å². The molecule has 0 aliphatic carbocycles. The van der Waals surface area contributed by atoms with Crippen molar-refractivity contribution in [3.63, 3.8) is 0 Å². The van der Waals surface area contributed by atoms with Crippen molar-refractivity contribution >= 4 is 5.97 Å². The molecule has 0 radical (unpaired) electrons. The second-order valence-corrected chi connectivity index (χ2v) is 2.68. The fraction of sp³-hybridized carbons (Fsp3) is 0.875. The Morgan fingerprint density at radius 3 is 2.64 bits per heavy atom. The van der Waals surface area contributed by atoms with Crippen LogP contribution in [0.5, 0.6) is 0 Å². The molecule has 0 fully saturated rings. The van der Waals surface area contributed by atoms with E-state index < -0.39 is 0 Å². The van der Waals surface area contributed by atoms with Crippen LogP contribution in [0.2, 0.25) is 0 Å². The number of carbonyl (C=O) groups is 1. The first kappa shape index (κ1) is 10.4. The van der Waals surface area contributed by atoms with Crippen molar-refractivity contribution in [2.45, 2.75) is 39.2 Å². The lowest BCUT2D eigenvalue weighted by molar-refractivity contribution is -0.141. The van der Waals surface area contributed by atoms with Gasteiger partial charge in [0.15, 0.2) is 0 Å². The summed E-state index contributed by atoms with van der Waals surface area (Å²) in [5.41, 5.74) is 0. The summed E-state index contributed by atoms with van der Waals surface area (Å²) in [5, 5.41) is 8.85. The van der Waals surface area contributed by atoms with Crippen LogP contribution in [0.25, 0.3) is 0 Å². The Hall–Kier alpha value is -0.570. The van der Waals surface area contributed by atoms with Crippen LogP contribution in [0.3, 0.4) is 0 Å². The summed E-state index contributed by atoms with van der Waals surface area (Å²) in [6.07, 6.45) is 2.28. The lowest BCUT2D eigenvalue weighted by Gasteiger charge is -2.03. The molecule has 0 aromatic carbocycles. The van der Waals surface area contributed by atoms with Crippen LogP contribution in [0.4, 0.5) is 0 Å². The minimum absolute atomic E-state index is 0.234. The molecule has 0 aromatic heterocycles. The molecule has 1 atom stereocenters. The van der Waals surface area contributed by atoms with Crippen molar-refractivity contribution in [2.75, 3.05) is 6.61 Å². The lowest BCUT2D eigenvalue weighted by atomic mass is 10.2. The van der Waals surface area contributed by atoms with Crippen LogP contribution in [-0.4, -0.2) is 23.8 Å². The standard InChI is InChI=1S/C8H16O3/c1-7(9)5-3-4-6-11-8(2)10/h7,9H,3-6H2,1-2H3. The van der Waals surface area contributed by atoms with Gasteiger partial charge in [0.1, 0.15) is 0 Å². The van der Waals surface area contributed by atoms with E-state index in [0.717, 1.165) is 19.3 Å². The predicted octanol–water partition coefficient (Wildman–Crippen LogP) is 1.10. The third-order valence-electron chi connectivity index (χ3n) is 1.32. The number of hydrogen-bond donors (Lipinski definition) is 1. The second kappa shape index (κ2) is 6.16. The fourth-order valence-electron chi connectivity index (χ4n) is 0.758. The molecule has 0 spiro atoms. The van der Waals surface area contributed by atoms with E-state index in [0.29, 0.717) is 6.61 Å². The van der Waals surface area contributed by atoms with Gasteiger partial charge in [0, 0.05) is 6.92 Å². The highest BCUT2D eigenvalue weighted by Crippen LogP contribution is 1.99. The number of rotatable bonds is 5. The van der Waals surface area contributed by atoms with Crippen molar-refractivity contribution < 1.29 is 14.6 Å². The number of esters is 1. The first-order chi connectivity index (χ1) is 5.13. The van der Waals surface area contributed by atoms with E-state index in [1.807, 2.05) is 0 Å². The largest absolute Gasteiger partial charge is 0.466 e. The second-order valence-electron chi connectivity index (χ2n) is 2.68. The summed E-state index contributed by atoms with van der Waals surface area (Å²) in [4.78, 5) is 10.3. The molecule has 3 nitrogen and oxygen atoms in total. The first-order valence-electron chi connectivity index (χ1n) is 3.94. The summed E-state index contributed by atoms with van der Waals surface area (Å²) in [5.74, 6) is -0.234. The maximum Gasteiger partial charge on any atom is 0.302 e. The lowest BCUT2D eigenvalue weighted by Crippen LogP contribution is -2.03. The van der Waals surface area contributed by atoms with Gasteiger partial charge < -0.3 is 9.84 Å². The zero-order valence-corrected chi connectivity index (χ0v) is 7.17. The molecule has 3 heteroatoms. The van der Waals surface area contributed by atoms with Gasteiger partial charge in [-0.1, -0.05) is 0 Å². The number of carbonyl (C=O) groups excluding carboxylic acids is 1. The number of ether oxygens (including phenoxy) is 1. The van der Waals surface area contributed by atoms with Gasteiger partial charge in [-0.2, -0.15) is 0 Å². The maximum absolute atomic E-state index is 10.3. The van der Waals surface area contributed by atoms with E-state index in [1.165, 1.54) is 6.92 Å². The van der Waals surface area contributed by atoms with Gasteiger partial charge in [-0.05, 0) is 26.2 Å². The summed E-state index contributed by atoms with van der Waals surface area (Å²) in [7, 11) is 0. The Morgan fingerprint density at radius 2 is 2.18 bits per heavy atom. The molecule has 66 valence electrons. The molecular weight excluding hydrogens is 144 g/mol. The number of aliphatic hydroxyl groups excluding tert-OH is 1. The van der Waals surface area contributed by atoms with Crippen LogP contribution in [0.15, 0.2) is 0 Å². The van der Waals surface area contributed by atoms with Crippen LogP contribution < -0.4 is 0 Å². The SMILES string of the molecule is CC(=O)OCCCCC(C)O. The Labute approximate surface area is 67.4 Å². The van der Waals surface area contributed by atoms with Crippen molar-refractivity contribution in [1.82, 2.24) is 0 Å². The van der Waals surface area contributed by atoms with Crippen LogP contribution >= 0.6 is 0 Å². The fourth-order valence-corrected chi connectivity index (χ4v) is 0.758. The molecule has 0 aliphatic heterocycles. The topological polar surface area (TPSA) is 46.5 Å². The average Bonchev–Trinajstić information content (AvgIpc) is 1.85. The van der Waals surface area contributed by atoms with E-state index in [2.05, 4.69) is 0 Å².